The fourth-order valence-electron chi connectivity index (χ4n) is 10.6. The summed E-state index contributed by atoms with van der Waals surface area (Å²) in [5.74, 6) is -1.64. The van der Waals surface area contributed by atoms with Crippen LogP contribution in [-0.2, 0) is 38.0 Å². The van der Waals surface area contributed by atoms with E-state index in [0.29, 0.717) is 36.5 Å². The average Bonchev–Trinajstić information content (AvgIpc) is 4.05. The molecule has 5 fully saturated rings. The number of methoxy groups -OCH3 is 2. The number of nitrogens with zero attached hydrogens (tertiary/aromatic N) is 3. The van der Waals surface area contributed by atoms with Crippen molar-refractivity contribution in [1.29, 1.82) is 0 Å². The third-order valence-electron chi connectivity index (χ3n) is 15.2. The van der Waals surface area contributed by atoms with Gasteiger partial charge in [0.1, 0.15) is 29.0 Å². The first-order valence-electron chi connectivity index (χ1n) is 24.1. The number of aliphatic hydroxyl groups is 4. The van der Waals surface area contributed by atoms with Gasteiger partial charge in [0, 0.05) is 45.1 Å². The predicted molar refractivity (Wildman–Crippen MR) is 245 cm³/mol. The summed E-state index contributed by atoms with van der Waals surface area (Å²) in [5.41, 5.74) is -5.43. The number of hydrogen-bond donors (Lipinski definition) is 6. The zero-order chi connectivity index (χ0) is 48.5. The number of nitrogens with one attached hydrogen (secondary N) is 2. The lowest BCUT2D eigenvalue weighted by molar-refractivity contribution is -0.335. The van der Waals surface area contributed by atoms with Crippen LogP contribution < -0.4 is 15.4 Å². The van der Waals surface area contributed by atoms with Crippen molar-refractivity contribution >= 4 is 17.7 Å². The van der Waals surface area contributed by atoms with Gasteiger partial charge in [-0.3, -0.25) is 4.79 Å². The van der Waals surface area contributed by atoms with Crippen LogP contribution in [0, 0.1) is 23.7 Å². The summed E-state index contributed by atoms with van der Waals surface area (Å²) >= 11 is 0. The Morgan fingerprint density at radius 3 is 2.33 bits per heavy atom. The molecule has 0 radical (unpaired) electrons. The molecule has 1 aromatic heterocycles. The van der Waals surface area contributed by atoms with Crippen molar-refractivity contribution in [3.63, 3.8) is 0 Å². The van der Waals surface area contributed by atoms with Crippen molar-refractivity contribution in [3.05, 3.63) is 18.3 Å². The van der Waals surface area contributed by atoms with E-state index in [2.05, 4.69) is 15.6 Å². The smallest absolute Gasteiger partial charge is 0.311 e. The molecule has 66 heavy (non-hydrogen) atoms. The summed E-state index contributed by atoms with van der Waals surface area (Å²) in [6.45, 7) is 19.2. The number of aliphatic imine (C=N–C) groups is 1. The molecule has 4 saturated heterocycles. The first-order chi connectivity index (χ1) is 31.0. The molecular formula is C48H81N5O13. The Morgan fingerprint density at radius 1 is 1.00 bits per heavy atom. The molecule has 18 atom stereocenters. The lowest BCUT2D eigenvalue weighted by Crippen LogP contribution is -2.70. The minimum absolute atomic E-state index is 0.0977. The van der Waals surface area contributed by atoms with E-state index in [1.54, 1.807) is 67.2 Å². The van der Waals surface area contributed by atoms with Crippen LogP contribution in [0.25, 0.3) is 0 Å². The van der Waals surface area contributed by atoms with Crippen molar-refractivity contribution < 1.29 is 63.1 Å². The number of likely N-dealkylation sites (N-methyl/N-ethyl adjacent to an activating group) is 1. The van der Waals surface area contributed by atoms with Gasteiger partial charge < -0.3 is 73.9 Å². The van der Waals surface area contributed by atoms with Crippen LogP contribution in [0.2, 0.25) is 0 Å². The van der Waals surface area contributed by atoms with Gasteiger partial charge in [0.2, 0.25) is 5.88 Å². The summed E-state index contributed by atoms with van der Waals surface area (Å²) in [4.78, 5) is 25.6. The maximum atomic E-state index is 14.6. The number of ether oxygens (including phenoxy) is 8. The van der Waals surface area contributed by atoms with Crippen molar-refractivity contribution in [3.8, 4) is 5.88 Å². The van der Waals surface area contributed by atoms with Crippen LogP contribution in [-0.4, -0.2) is 173 Å². The zero-order valence-corrected chi connectivity index (χ0v) is 41.6. The highest BCUT2D eigenvalue weighted by molar-refractivity contribution is 5.79. The van der Waals surface area contributed by atoms with Gasteiger partial charge in [-0.25, -0.2) is 4.98 Å². The Bertz CT molecular complexity index is 1790. The lowest BCUT2D eigenvalue weighted by Gasteiger charge is -2.53. The highest BCUT2D eigenvalue weighted by atomic mass is 16.7. The Balaban J connectivity index is 1.37. The van der Waals surface area contributed by atoms with Gasteiger partial charge in [-0.05, 0) is 112 Å². The molecule has 0 aromatic carbocycles. The maximum absolute atomic E-state index is 14.6. The zero-order valence-electron chi connectivity index (χ0n) is 41.6. The Kier molecular flexibility index (Phi) is 16.8. The van der Waals surface area contributed by atoms with Crippen molar-refractivity contribution in [1.82, 2.24) is 20.5 Å². The Labute approximate surface area is 391 Å². The normalized spacial score (nSPS) is 44.8. The van der Waals surface area contributed by atoms with Crippen molar-refractivity contribution in [2.75, 3.05) is 40.9 Å². The molecule has 4 aliphatic heterocycles. The van der Waals surface area contributed by atoms with Crippen LogP contribution in [0.4, 0.5) is 5.69 Å². The van der Waals surface area contributed by atoms with E-state index >= 15 is 0 Å². The Morgan fingerprint density at radius 2 is 1.71 bits per heavy atom. The second-order valence-corrected chi connectivity index (χ2v) is 20.8. The second kappa shape index (κ2) is 21.1. The fourth-order valence-corrected chi connectivity index (χ4v) is 10.6. The van der Waals surface area contributed by atoms with E-state index in [0.717, 1.165) is 19.4 Å². The van der Waals surface area contributed by atoms with Crippen molar-refractivity contribution in [2.45, 2.75) is 198 Å². The van der Waals surface area contributed by atoms with Gasteiger partial charge in [-0.15, -0.1) is 0 Å². The molecule has 1 aliphatic carbocycles. The summed E-state index contributed by atoms with van der Waals surface area (Å²) < 4.78 is 51.3. The number of aliphatic hydroxyl groups excluding tert-OH is 1. The molecule has 1 aromatic rings. The first kappa shape index (κ1) is 52.6. The molecule has 1 saturated carbocycles. The Hall–Kier alpha value is -2.75. The molecule has 0 bridgehead atoms. The number of fused-ring (bicyclic) bond motifs is 1. The highest BCUT2D eigenvalue weighted by Crippen LogP contribution is 2.44. The third kappa shape index (κ3) is 11.3. The number of aromatic nitrogens is 1. The minimum Gasteiger partial charge on any atom is -0.481 e. The van der Waals surface area contributed by atoms with E-state index < -0.39 is 95.5 Å². The van der Waals surface area contributed by atoms with Gasteiger partial charge in [-0.2, -0.15) is 4.99 Å². The molecule has 5 heterocycles. The highest BCUT2D eigenvalue weighted by Gasteiger charge is 2.59. The van der Waals surface area contributed by atoms with Crippen molar-refractivity contribution in [2.24, 2.45) is 28.7 Å². The number of pyridine rings is 1. The lowest BCUT2D eigenvalue weighted by atomic mass is 9.75. The van der Waals surface area contributed by atoms with E-state index in [1.165, 1.54) is 6.92 Å². The number of esters is 1. The van der Waals surface area contributed by atoms with Gasteiger partial charge >= 0.3 is 5.97 Å². The van der Waals surface area contributed by atoms with Gasteiger partial charge in [-0.1, -0.05) is 20.8 Å². The largest absolute Gasteiger partial charge is 0.481 e. The van der Waals surface area contributed by atoms with Crippen LogP contribution in [0.1, 0.15) is 108 Å². The number of carbonyl (C=O) groups is 1. The van der Waals surface area contributed by atoms with Gasteiger partial charge in [0.05, 0.1) is 61.0 Å². The molecule has 0 unspecified atom stereocenters. The quantitative estimate of drug-likeness (QED) is 0.165. The number of rotatable bonds is 12. The molecule has 5 aliphatic rings. The van der Waals surface area contributed by atoms with Gasteiger partial charge in [0.15, 0.2) is 18.7 Å². The summed E-state index contributed by atoms with van der Waals surface area (Å²) in [7, 11) is 5.01. The molecule has 18 heteroatoms. The predicted octanol–water partition coefficient (Wildman–Crippen LogP) is 3.43. The number of hydrogen-bond acceptors (Lipinski definition) is 17. The van der Waals surface area contributed by atoms with Crippen LogP contribution >= 0.6 is 0 Å². The molecule has 0 spiro atoms. The van der Waals surface area contributed by atoms with Crippen LogP contribution in [0.5, 0.6) is 5.88 Å². The molecule has 376 valence electrons. The molecule has 6 N–H and O–H groups in total. The molecule has 18 nitrogen and oxygen atoms in total. The number of cyclic esters (lactones) is 1. The third-order valence-corrected chi connectivity index (χ3v) is 15.2. The van der Waals surface area contributed by atoms with E-state index in [9.17, 15) is 25.2 Å². The van der Waals surface area contributed by atoms with Crippen LogP contribution in [0.3, 0.4) is 0 Å². The molecular weight excluding hydrogens is 855 g/mol. The average molecular weight is 936 g/mol. The summed E-state index contributed by atoms with van der Waals surface area (Å²) in [6, 6.07) is 3.05. The van der Waals surface area contributed by atoms with E-state index in [1.807, 2.05) is 39.6 Å². The second-order valence-electron chi connectivity index (χ2n) is 20.8. The maximum Gasteiger partial charge on any atom is 0.311 e. The number of amidine groups is 1. The van der Waals surface area contributed by atoms with E-state index in [4.69, 9.17) is 42.9 Å². The van der Waals surface area contributed by atoms with Gasteiger partial charge in [0.25, 0.3) is 6.02 Å². The first-order valence-corrected chi connectivity index (χ1v) is 24.1. The fraction of sp³-hybridized carbons (Fsp3) is 0.854. The SMILES string of the molecule is CC[C@H]1OC(=O)[C@H](C)[C@@H](O[C@H]2C[C@@](C)(OC)[C@](O)(CNCC3CC3)[C@H](C)O2)[C@H](C)[C@@H](O[C@@H]2O[C@H](C)C[C@H]3[C@H]2OC(=Nc2ccc(OC)nc2)N3C)[C@](C)(O)C[C@@H](C)CN[C@H](C)[C@@H](O)[C@]1(C)O. The summed E-state index contributed by atoms with van der Waals surface area (Å²) in [5, 5.41) is 55.2. The summed E-state index contributed by atoms with van der Waals surface area (Å²) in [6.07, 6.45) is -3.17. The standard InChI is InChI=1S/C48H81N5O13/c1-14-35-47(10,57)40(54)30(6)50-22-26(2)20-45(8,56)41(66-43-39-34(19-27(3)61-43)53(11)44(65-39)52-33-17-18-36(59-12)51-24-33)28(4)38(29(5)42(55)63-35)64-37-21-46(9,60-13)48(58,31(7)62-37)25-49-23-32-15-16-32/h17-18,24,26-32,34-35,37-41,43,49-50,54,56-58H,14-16,19-23,25H2,1-13H3/t26-,27-,28+,29-,30-,31+,34+,35-,37+,38+,39-,40-,41-,43+,45-,46-,47-,48+/m1/s1. The minimum atomic E-state index is -1.83. The topological polar surface area (TPSA) is 224 Å². The van der Waals surface area contributed by atoms with E-state index in [-0.39, 0.29) is 43.9 Å². The monoisotopic (exact) mass is 936 g/mol. The number of carbonyl (C=O) groups excluding carboxylic acids is 1. The van der Waals surface area contributed by atoms with Crippen LogP contribution in [0.15, 0.2) is 23.3 Å². The molecule has 0 amide bonds. The molecule has 6 rings (SSSR count).